The van der Waals surface area contributed by atoms with E-state index in [1.54, 1.807) is 49.6 Å². The lowest BCUT2D eigenvalue weighted by Crippen LogP contribution is -2.43. The van der Waals surface area contributed by atoms with Crippen LogP contribution in [0.2, 0.25) is 0 Å². The minimum absolute atomic E-state index is 0.0706. The number of hydrogen-bond acceptors (Lipinski definition) is 5. The van der Waals surface area contributed by atoms with E-state index in [-0.39, 0.29) is 43.7 Å². The van der Waals surface area contributed by atoms with Crippen LogP contribution in [0.1, 0.15) is 35.8 Å². The number of hydrogen-bond donors (Lipinski definition) is 1. The molecule has 1 N–H and O–H groups in total. The Labute approximate surface area is 205 Å². The predicted molar refractivity (Wildman–Crippen MR) is 131 cm³/mol. The quantitative estimate of drug-likeness (QED) is 0.485. The minimum atomic E-state index is -1.27. The van der Waals surface area contributed by atoms with Gasteiger partial charge < -0.3 is 10.0 Å². The molecule has 0 spiro atoms. The van der Waals surface area contributed by atoms with Crippen LogP contribution in [0.3, 0.4) is 0 Å². The van der Waals surface area contributed by atoms with Crippen molar-refractivity contribution in [3.63, 3.8) is 0 Å². The van der Waals surface area contributed by atoms with Gasteiger partial charge in [0, 0.05) is 44.7 Å². The lowest BCUT2D eigenvalue weighted by Gasteiger charge is -2.30. The fourth-order valence-corrected chi connectivity index (χ4v) is 4.56. The molecule has 180 valence electrons. The third-order valence-electron chi connectivity index (χ3n) is 6.56. The van der Waals surface area contributed by atoms with Crippen molar-refractivity contribution in [3.8, 4) is 0 Å². The summed E-state index contributed by atoms with van der Waals surface area (Å²) < 4.78 is 0. The number of nitrogens with zero attached hydrogens (tertiary/aromatic N) is 3. The topological polar surface area (TPSA) is 90.8 Å². The summed E-state index contributed by atoms with van der Waals surface area (Å²) >= 11 is 0. The van der Waals surface area contributed by atoms with Crippen molar-refractivity contribution in [2.45, 2.75) is 30.8 Å². The highest BCUT2D eigenvalue weighted by atomic mass is 16.3. The van der Waals surface area contributed by atoms with E-state index in [9.17, 15) is 19.5 Å². The molecule has 2 heterocycles. The van der Waals surface area contributed by atoms with Gasteiger partial charge in [-0.25, -0.2) is 0 Å². The maximum atomic E-state index is 13.7. The lowest BCUT2D eigenvalue weighted by molar-refractivity contribution is -0.142. The van der Waals surface area contributed by atoms with Gasteiger partial charge in [0.15, 0.2) is 0 Å². The van der Waals surface area contributed by atoms with Crippen LogP contribution in [0, 0.1) is 0 Å². The van der Waals surface area contributed by atoms with E-state index in [1.807, 2.05) is 42.5 Å². The molecule has 3 amide bonds. The molecule has 0 bridgehead atoms. The third kappa shape index (κ3) is 5.30. The first-order valence-corrected chi connectivity index (χ1v) is 11.7. The van der Waals surface area contributed by atoms with Crippen molar-refractivity contribution in [2.75, 3.05) is 20.1 Å². The van der Waals surface area contributed by atoms with E-state index in [0.717, 1.165) is 5.69 Å². The molecule has 7 nitrogen and oxygen atoms in total. The summed E-state index contributed by atoms with van der Waals surface area (Å²) in [5, 5.41) is 10.6. The number of aliphatic hydroxyl groups is 1. The highest BCUT2D eigenvalue weighted by Crippen LogP contribution is 2.40. The van der Waals surface area contributed by atoms with Crippen LogP contribution in [-0.2, 0) is 26.2 Å². The Kier molecular flexibility index (Phi) is 7.36. The maximum Gasteiger partial charge on any atom is 0.240 e. The van der Waals surface area contributed by atoms with Crippen LogP contribution >= 0.6 is 0 Å². The summed E-state index contributed by atoms with van der Waals surface area (Å²) in [5.41, 5.74) is 0.865. The molecule has 7 heteroatoms. The summed E-state index contributed by atoms with van der Waals surface area (Å²) in [5.74, 6) is -0.971. The molecular weight excluding hydrogens is 442 g/mol. The average molecular weight is 472 g/mol. The highest BCUT2D eigenvalue weighted by Gasteiger charge is 2.53. The van der Waals surface area contributed by atoms with Gasteiger partial charge in [0.1, 0.15) is 0 Å². The number of benzene rings is 2. The van der Waals surface area contributed by atoms with Crippen molar-refractivity contribution in [1.29, 1.82) is 0 Å². The largest absolute Gasteiger partial charge is 0.387 e. The second-order valence-corrected chi connectivity index (χ2v) is 8.92. The molecule has 1 aliphatic heterocycles. The van der Waals surface area contributed by atoms with Crippen LogP contribution in [0.4, 0.5) is 0 Å². The van der Waals surface area contributed by atoms with E-state index in [2.05, 4.69) is 4.98 Å². The van der Waals surface area contributed by atoms with E-state index in [1.165, 1.54) is 9.80 Å². The maximum absolute atomic E-state index is 13.7. The summed E-state index contributed by atoms with van der Waals surface area (Å²) in [6.45, 7) is 0.291. The molecule has 0 aliphatic carbocycles. The molecular formula is C28H29N3O4. The fourth-order valence-electron chi connectivity index (χ4n) is 4.56. The van der Waals surface area contributed by atoms with Crippen LogP contribution in [0.25, 0.3) is 0 Å². The molecule has 35 heavy (non-hydrogen) atoms. The van der Waals surface area contributed by atoms with Crippen molar-refractivity contribution in [1.82, 2.24) is 14.8 Å². The number of likely N-dealkylation sites (tertiary alicyclic amines) is 1. The molecule has 3 aromatic rings. The number of carbonyl (C=O) groups is 3. The molecule has 2 aromatic carbocycles. The summed E-state index contributed by atoms with van der Waals surface area (Å²) in [6.07, 6.45) is 1.04. The molecule has 2 atom stereocenters. The van der Waals surface area contributed by atoms with Gasteiger partial charge in [-0.05, 0) is 23.3 Å². The zero-order valence-corrected chi connectivity index (χ0v) is 19.7. The van der Waals surface area contributed by atoms with Gasteiger partial charge in [-0.15, -0.1) is 0 Å². The average Bonchev–Trinajstić information content (AvgIpc) is 3.13. The first-order valence-electron chi connectivity index (χ1n) is 11.7. The smallest absolute Gasteiger partial charge is 0.240 e. The Bertz CT molecular complexity index is 1170. The predicted octanol–water partition coefficient (Wildman–Crippen LogP) is 2.90. The number of amides is 3. The van der Waals surface area contributed by atoms with Crippen LogP contribution < -0.4 is 0 Å². The highest BCUT2D eigenvalue weighted by molar-refractivity contribution is 6.10. The van der Waals surface area contributed by atoms with Gasteiger partial charge in [-0.2, -0.15) is 0 Å². The van der Waals surface area contributed by atoms with Gasteiger partial charge >= 0.3 is 0 Å². The second kappa shape index (κ2) is 10.6. The van der Waals surface area contributed by atoms with E-state index in [4.69, 9.17) is 0 Å². The van der Waals surface area contributed by atoms with Gasteiger partial charge in [0.2, 0.25) is 17.7 Å². The van der Waals surface area contributed by atoms with Crippen molar-refractivity contribution >= 4 is 17.7 Å². The zero-order chi connectivity index (χ0) is 24.8. The number of aromatic nitrogens is 1. The van der Waals surface area contributed by atoms with Crippen LogP contribution in [-0.4, -0.2) is 57.7 Å². The number of imide groups is 1. The molecule has 0 radical (unpaired) electrons. The molecule has 4 rings (SSSR count). The minimum Gasteiger partial charge on any atom is -0.387 e. The number of aliphatic hydroxyl groups excluding tert-OH is 1. The Hall–Kier alpha value is -3.84. The van der Waals surface area contributed by atoms with Gasteiger partial charge in [0.05, 0.1) is 18.1 Å². The Morgan fingerprint density at radius 2 is 1.69 bits per heavy atom. The van der Waals surface area contributed by atoms with E-state index >= 15 is 0 Å². The Morgan fingerprint density at radius 1 is 1.03 bits per heavy atom. The van der Waals surface area contributed by atoms with E-state index in [0.29, 0.717) is 17.5 Å². The summed E-state index contributed by atoms with van der Waals surface area (Å²) in [7, 11) is 1.60. The van der Waals surface area contributed by atoms with E-state index < -0.39 is 11.5 Å². The summed E-state index contributed by atoms with van der Waals surface area (Å²) in [6, 6.07) is 23.7. The van der Waals surface area contributed by atoms with Gasteiger partial charge in [0.25, 0.3) is 0 Å². The fraction of sp³-hybridized carbons (Fsp3) is 0.286. The third-order valence-corrected chi connectivity index (χ3v) is 6.56. The molecule has 1 aliphatic rings. The first-order chi connectivity index (χ1) is 16.9. The summed E-state index contributed by atoms with van der Waals surface area (Å²) in [4.78, 5) is 47.0. The Balaban J connectivity index is 1.53. The number of pyridine rings is 1. The van der Waals surface area contributed by atoms with Crippen molar-refractivity contribution in [3.05, 3.63) is 102 Å². The molecule has 1 saturated heterocycles. The SMILES string of the molecule is CN(C[C@@H](O)c1ccccc1)C(=O)C[C@]1(c2ccccc2)CC(=O)N(CCc2ccccn2)C1=O. The standard InChI is InChI=1S/C28H29N3O4/c1-30(20-24(32)21-10-4-2-5-11-21)25(33)18-28(22-12-6-3-7-13-22)19-26(34)31(27(28)35)17-15-23-14-8-9-16-29-23/h2-14,16,24,32H,15,17-20H2,1H3/t24-,28-/m1/s1. The van der Waals surface area contributed by atoms with Gasteiger partial charge in [-0.1, -0.05) is 66.7 Å². The number of carbonyl (C=O) groups excluding carboxylic acids is 3. The lowest BCUT2D eigenvalue weighted by atomic mass is 9.75. The normalized spacial score (nSPS) is 18.5. The number of likely N-dealkylation sites (N-methyl/N-ethyl adjacent to an activating group) is 1. The molecule has 1 aromatic heterocycles. The molecule has 0 saturated carbocycles. The van der Waals surface area contributed by atoms with Gasteiger partial charge in [-0.3, -0.25) is 24.3 Å². The monoisotopic (exact) mass is 471 g/mol. The second-order valence-electron chi connectivity index (χ2n) is 8.92. The molecule has 1 fully saturated rings. The van der Waals surface area contributed by atoms with Crippen LogP contribution in [0.5, 0.6) is 0 Å². The zero-order valence-electron chi connectivity index (χ0n) is 19.7. The van der Waals surface area contributed by atoms with Crippen LogP contribution in [0.15, 0.2) is 85.1 Å². The van der Waals surface area contributed by atoms with Crippen molar-refractivity contribution in [2.24, 2.45) is 0 Å². The first kappa shape index (κ1) is 24.3. The Morgan fingerprint density at radius 3 is 2.34 bits per heavy atom. The number of rotatable bonds is 9. The molecule has 0 unspecified atom stereocenters. The van der Waals surface area contributed by atoms with Crippen molar-refractivity contribution < 1.29 is 19.5 Å².